The Bertz CT molecular complexity index is 1180. The minimum Gasteiger partial charge on any atom is -0.345 e. The molecule has 0 saturated heterocycles. The average Bonchev–Trinajstić information content (AvgIpc) is 3.32. The minimum absolute atomic E-state index is 0.0476. The summed E-state index contributed by atoms with van der Waals surface area (Å²) in [6.07, 6.45) is 5.30. The highest BCUT2D eigenvalue weighted by Crippen LogP contribution is 2.19. The van der Waals surface area contributed by atoms with E-state index < -0.39 is 0 Å². The van der Waals surface area contributed by atoms with Gasteiger partial charge in [-0.05, 0) is 74.1 Å². The zero-order valence-corrected chi connectivity index (χ0v) is 24.2. The molecule has 0 unspecified atom stereocenters. The Balaban J connectivity index is 1.75. The molecule has 0 atom stereocenters. The van der Waals surface area contributed by atoms with Crippen LogP contribution in [0.25, 0.3) is 0 Å². The van der Waals surface area contributed by atoms with Crippen LogP contribution in [0.15, 0.2) is 66.9 Å². The van der Waals surface area contributed by atoms with Crippen LogP contribution >= 0.6 is 11.6 Å². The van der Waals surface area contributed by atoms with Crippen LogP contribution < -0.4 is 0 Å². The maximum absolute atomic E-state index is 13.7. The summed E-state index contributed by atoms with van der Waals surface area (Å²) < 4.78 is 2.13. The van der Waals surface area contributed by atoms with Gasteiger partial charge in [0, 0.05) is 41.6 Å². The fourth-order valence-corrected chi connectivity index (χ4v) is 4.74. The second-order valence-electron chi connectivity index (χ2n) is 10.7. The van der Waals surface area contributed by atoms with Crippen molar-refractivity contribution in [2.45, 2.75) is 73.0 Å². The van der Waals surface area contributed by atoms with E-state index in [9.17, 15) is 9.59 Å². The van der Waals surface area contributed by atoms with Crippen LogP contribution in [0.4, 0.5) is 0 Å². The first-order chi connectivity index (χ1) is 18.2. The molecule has 6 heteroatoms. The lowest BCUT2D eigenvalue weighted by Crippen LogP contribution is -2.46. The van der Waals surface area contributed by atoms with E-state index in [0.29, 0.717) is 31.1 Å². The zero-order valence-electron chi connectivity index (χ0n) is 23.5. The molecule has 1 heterocycles. The Morgan fingerprint density at radius 2 is 1.66 bits per heavy atom. The normalized spacial score (nSPS) is 11.3. The predicted octanol–water partition coefficient (Wildman–Crippen LogP) is 7.07. The number of aryl methyl sites for hydroxylation is 1. The van der Waals surface area contributed by atoms with Gasteiger partial charge in [-0.15, -0.1) is 0 Å². The second kappa shape index (κ2) is 14.2. The van der Waals surface area contributed by atoms with E-state index in [2.05, 4.69) is 25.3 Å². The van der Waals surface area contributed by atoms with Crippen molar-refractivity contribution < 1.29 is 9.59 Å². The zero-order chi connectivity index (χ0) is 27.7. The van der Waals surface area contributed by atoms with E-state index >= 15 is 0 Å². The van der Waals surface area contributed by atoms with Crippen molar-refractivity contribution in [2.75, 3.05) is 13.1 Å². The third-order valence-corrected chi connectivity index (χ3v) is 7.09. The van der Waals surface area contributed by atoms with Gasteiger partial charge in [-0.1, -0.05) is 69.1 Å². The fraction of sp³-hybridized carbons (Fsp3) is 0.438. The van der Waals surface area contributed by atoms with Crippen molar-refractivity contribution in [3.63, 3.8) is 0 Å². The first kappa shape index (κ1) is 29.5. The van der Waals surface area contributed by atoms with Gasteiger partial charge in [0.05, 0.1) is 6.54 Å². The molecule has 1 aromatic heterocycles. The summed E-state index contributed by atoms with van der Waals surface area (Å²) in [6.45, 7) is 12.1. The molecule has 0 aliphatic rings. The molecule has 204 valence electrons. The highest BCUT2D eigenvalue weighted by Gasteiger charge is 2.25. The Labute approximate surface area is 233 Å². The number of carbonyl (C=O) groups excluding carboxylic acids is 2. The molecule has 2 aromatic carbocycles. The predicted molar refractivity (Wildman–Crippen MR) is 156 cm³/mol. The molecule has 0 spiro atoms. The summed E-state index contributed by atoms with van der Waals surface area (Å²) in [6, 6.07) is 19.6. The lowest BCUT2D eigenvalue weighted by Gasteiger charge is -2.31. The number of carbonyl (C=O) groups is 2. The number of rotatable bonds is 13. The first-order valence-corrected chi connectivity index (χ1v) is 14.1. The van der Waals surface area contributed by atoms with Crippen LogP contribution in [0.5, 0.6) is 0 Å². The van der Waals surface area contributed by atoms with Gasteiger partial charge in [0.25, 0.3) is 5.91 Å². The van der Waals surface area contributed by atoms with Gasteiger partial charge in [-0.25, -0.2) is 0 Å². The molecular weight excluding hydrogens is 494 g/mol. The molecule has 5 nitrogen and oxygen atoms in total. The maximum atomic E-state index is 13.7. The van der Waals surface area contributed by atoms with E-state index in [1.54, 1.807) is 4.90 Å². The van der Waals surface area contributed by atoms with Gasteiger partial charge in [0.2, 0.25) is 5.91 Å². The Morgan fingerprint density at radius 3 is 2.29 bits per heavy atom. The summed E-state index contributed by atoms with van der Waals surface area (Å²) >= 11 is 6.40. The van der Waals surface area contributed by atoms with Crippen LogP contribution in [-0.2, 0) is 24.3 Å². The highest BCUT2D eigenvalue weighted by molar-refractivity contribution is 6.31. The smallest absolute Gasteiger partial charge is 0.254 e. The monoisotopic (exact) mass is 535 g/mol. The first-order valence-electron chi connectivity index (χ1n) is 13.7. The van der Waals surface area contributed by atoms with Gasteiger partial charge in [0.1, 0.15) is 6.54 Å². The van der Waals surface area contributed by atoms with Crippen LogP contribution in [0.3, 0.4) is 0 Å². The number of nitrogens with zero attached hydrogens (tertiary/aromatic N) is 3. The van der Waals surface area contributed by atoms with Crippen molar-refractivity contribution in [3.8, 4) is 0 Å². The molecule has 3 aromatic rings. The number of hydrogen-bond donors (Lipinski definition) is 0. The molecule has 0 saturated carbocycles. The topological polar surface area (TPSA) is 45.6 Å². The summed E-state index contributed by atoms with van der Waals surface area (Å²) in [5, 5.41) is 0.728. The highest BCUT2D eigenvalue weighted by atomic mass is 35.5. The number of amides is 2. The molecule has 0 aliphatic carbocycles. The SMILES string of the molecule is CCCCc1ccc(C(=O)N(CC(=O)N(Cc2cccn2Cc2ccccc2Cl)CC(C)C)C(C)C)cc1. The molecular formula is C32H42ClN3O2. The minimum atomic E-state index is -0.109. The van der Waals surface area contributed by atoms with Crippen molar-refractivity contribution >= 4 is 23.4 Å². The van der Waals surface area contributed by atoms with Crippen LogP contribution in [-0.4, -0.2) is 45.3 Å². The van der Waals surface area contributed by atoms with Gasteiger partial charge >= 0.3 is 0 Å². The van der Waals surface area contributed by atoms with Gasteiger partial charge in [0.15, 0.2) is 0 Å². The van der Waals surface area contributed by atoms with Crippen LogP contribution in [0.1, 0.15) is 74.6 Å². The molecule has 38 heavy (non-hydrogen) atoms. The van der Waals surface area contributed by atoms with Crippen LogP contribution in [0, 0.1) is 5.92 Å². The lowest BCUT2D eigenvalue weighted by atomic mass is 10.1. The third-order valence-electron chi connectivity index (χ3n) is 6.72. The van der Waals surface area contributed by atoms with E-state index in [1.165, 1.54) is 5.56 Å². The van der Waals surface area contributed by atoms with E-state index in [0.717, 1.165) is 35.5 Å². The molecule has 0 bridgehead atoms. The summed E-state index contributed by atoms with van der Waals surface area (Å²) in [4.78, 5) is 30.6. The second-order valence-corrected chi connectivity index (χ2v) is 11.1. The van der Waals surface area contributed by atoms with Crippen molar-refractivity contribution in [3.05, 3.63) is 94.3 Å². The number of benzene rings is 2. The number of hydrogen-bond acceptors (Lipinski definition) is 2. The van der Waals surface area contributed by atoms with Gasteiger partial charge < -0.3 is 14.4 Å². The third kappa shape index (κ3) is 8.22. The Hall–Kier alpha value is -3.05. The molecule has 0 N–H and O–H groups in total. The summed E-state index contributed by atoms with van der Waals surface area (Å²) in [5.74, 6) is 0.137. The molecule has 2 amide bonds. The molecule has 0 radical (unpaired) electrons. The van der Waals surface area contributed by atoms with Crippen molar-refractivity contribution in [2.24, 2.45) is 5.92 Å². The summed E-state index contributed by atoms with van der Waals surface area (Å²) in [7, 11) is 0. The molecule has 0 fully saturated rings. The number of unbranched alkanes of at least 4 members (excludes halogenated alkanes) is 1. The molecule has 3 rings (SSSR count). The van der Waals surface area contributed by atoms with Crippen molar-refractivity contribution in [1.29, 1.82) is 0 Å². The Morgan fingerprint density at radius 1 is 0.947 bits per heavy atom. The van der Waals surface area contributed by atoms with E-state index in [4.69, 9.17) is 11.6 Å². The number of halogens is 1. The Kier molecular flexibility index (Phi) is 11.0. The van der Waals surface area contributed by atoms with E-state index in [-0.39, 0.29) is 24.4 Å². The van der Waals surface area contributed by atoms with Crippen molar-refractivity contribution in [1.82, 2.24) is 14.4 Å². The van der Waals surface area contributed by atoms with Crippen LogP contribution in [0.2, 0.25) is 5.02 Å². The molecule has 0 aliphatic heterocycles. The lowest BCUT2D eigenvalue weighted by molar-refractivity contribution is -0.133. The largest absolute Gasteiger partial charge is 0.345 e. The average molecular weight is 536 g/mol. The quantitative estimate of drug-likeness (QED) is 0.235. The van der Waals surface area contributed by atoms with Gasteiger partial charge in [-0.3, -0.25) is 9.59 Å². The van der Waals surface area contributed by atoms with E-state index in [1.807, 2.05) is 85.6 Å². The fourth-order valence-electron chi connectivity index (χ4n) is 4.54. The standard InChI is InChI=1S/C32H42ClN3O2/c1-6-7-11-26-15-17-27(18-16-26)32(38)36(25(4)5)23-31(37)35(20-24(2)3)22-29-13-10-19-34(29)21-28-12-8-9-14-30(28)33/h8-10,12-19,24-25H,6-7,11,20-23H2,1-5H3. The number of aromatic nitrogens is 1. The van der Waals surface area contributed by atoms with Gasteiger partial charge in [-0.2, -0.15) is 0 Å². The summed E-state index contributed by atoms with van der Waals surface area (Å²) in [5.41, 5.74) is 3.92. The maximum Gasteiger partial charge on any atom is 0.254 e.